The summed E-state index contributed by atoms with van der Waals surface area (Å²) < 4.78 is 7.21. The molecule has 2 N–H and O–H groups in total. The van der Waals surface area contributed by atoms with E-state index >= 15 is 0 Å². The van der Waals surface area contributed by atoms with Gasteiger partial charge in [-0.05, 0) is 30.9 Å². The quantitative estimate of drug-likeness (QED) is 0.847. The predicted octanol–water partition coefficient (Wildman–Crippen LogP) is 1.28. The largest absolute Gasteiger partial charge is 0.396 e. The van der Waals surface area contributed by atoms with E-state index in [0.29, 0.717) is 11.6 Å². The Morgan fingerprint density at radius 3 is 3.24 bits per heavy atom. The van der Waals surface area contributed by atoms with Crippen LogP contribution >= 0.6 is 0 Å². The molecule has 0 amide bonds. The Balaban J connectivity index is 1.83. The molecule has 1 atom stereocenters. The third kappa shape index (κ3) is 2.10. The lowest BCUT2D eigenvalue weighted by Crippen LogP contribution is -2.19. The number of nitrogens with two attached hydrogens (primary N) is 1. The summed E-state index contributed by atoms with van der Waals surface area (Å²) in [6.07, 6.45) is 5.09. The highest BCUT2D eigenvalue weighted by Gasteiger charge is 2.17. The van der Waals surface area contributed by atoms with Crippen LogP contribution in [0.25, 0.3) is 5.65 Å². The third-order valence-corrected chi connectivity index (χ3v) is 3.16. The van der Waals surface area contributed by atoms with Gasteiger partial charge in [0, 0.05) is 25.8 Å². The van der Waals surface area contributed by atoms with Crippen LogP contribution in [0.4, 0.5) is 5.69 Å². The molecule has 2 aromatic rings. The maximum Gasteiger partial charge on any atom is 0.178 e. The van der Waals surface area contributed by atoms with Crippen LogP contribution in [-0.4, -0.2) is 27.8 Å². The Bertz CT molecular complexity index is 516. The van der Waals surface area contributed by atoms with E-state index < -0.39 is 0 Å². The van der Waals surface area contributed by atoms with Gasteiger partial charge >= 0.3 is 0 Å². The van der Waals surface area contributed by atoms with Gasteiger partial charge in [-0.3, -0.25) is 0 Å². The van der Waals surface area contributed by atoms with E-state index in [-0.39, 0.29) is 0 Å². The number of hydrogen-bond donors (Lipinski definition) is 1. The number of aromatic nitrogens is 3. The molecule has 1 saturated heterocycles. The molecular formula is C12H16N4O. The fourth-order valence-electron chi connectivity index (χ4n) is 2.28. The first-order valence-electron chi connectivity index (χ1n) is 6.00. The van der Waals surface area contributed by atoms with Crippen LogP contribution in [-0.2, 0) is 11.2 Å². The second-order valence-electron chi connectivity index (χ2n) is 4.55. The van der Waals surface area contributed by atoms with Gasteiger partial charge in [0.2, 0.25) is 0 Å². The van der Waals surface area contributed by atoms with Crippen molar-refractivity contribution in [3.63, 3.8) is 0 Å². The lowest BCUT2D eigenvalue weighted by molar-refractivity contribution is 0.0543. The number of nitrogen functional groups attached to an aromatic ring is 1. The molecule has 1 aliphatic heterocycles. The second kappa shape index (κ2) is 4.33. The van der Waals surface area contributed by atoms with E-state index in [0.717, 1.165) is 37.5 Å². The zero-order chi connectivity index (χ0) is 11.7. The summed E-state index contributed by atoms with van der Waals surface area (Å²) in [5, 5.41) is 4.44. The predicted molar refractivity (Wildman–Crippen MR) is 64.6 cm³/mol. The molecule has 0 aromatic carbocycles. The molecular weight excluding hydrogens is 216 g/mol. The monoisotopic (exact) mass is 232 g/mol. The lowest BCUT2D eigenvalue weighted by atomic mass is 9.98. The molecule has 1 unspecified atom stereocenters. The van der Waals surface area contributed by atoms with Crippen molar-refractivity contribution in [1.82, 2.24) is 14.6 Å². The van der Waals surface area contributed by atoms with Gasteiger partial charge in [0.25, 0.3) is 0 Å². The molecule has 0 aliphatic carbocycles. The number of anilines is 1. The van der Waals surface area contributed by atoms with Crippen LogP contribution in [0.1, 0.15) is 18.7 Å². The summed E-state index contributed by atoms with van der Waals surface area (Å²) in [4.78, 5) is 4.48. The van der Waals surface area contributed by atoms with E-state index in [4.69, 9.17) is 10.5 Å². The number of hydrogen-bond acceptors (Lipinski definition) is 4. The van der Waals surface area contributed by atoms with Crippen molar-refractivity contribution in [2.24, 2.45) is 5.92 Å². The van der Waals surface area contributed by atoms with Crippen LogP contribution in [0, 0.1) is 5.92 Å². The standard InChI is InChI=1S/C12H16N4O/c13-10-4-1-5-16-12(10)14-11(15-16)7-9-3-2-6-17-8-9/h1,4-5,9H,2-3,6-8,13H2. The molecule has 0 bridgehead atoms. The fourth-order valence-corrected chi connectivity index (χ4v) is 2.28. The van der Waals surface area contributed by atoms with Gasteiger partial charge in [0.1, 0.15) is 0 Å². The van der Waals surface area contributed by atoms with Crippen LogP contribution in [0.2, 0.25) is 0 Å². The normalized spacial score (nSPS) is 20.8. The maximum atomic E-state index is 5.85. The Hall–Kier alpha value is -1.62. The smallest absolute Gasteiger partial charge is 0.178 e. The summed E-state index contributed by atoms with van der Waals surface area (Å²) in [6.45, 7) is 1.72. The number of pyridine rings is 1. The summed E-state index contributed by atoms with van der Waals surface area (Å²) in [5.41, 5.74) is 7.28. The summed E-state index contributed by atoms with van der Waals surface area (Å²) in [7, 11) is 0. The Labute approximate surface area is 99.6 Å². The van der Waals surface area contributed by atoms with Gasteiger partial charge in [0.15, 0.2) is 11.5 Å². The van der Waals surface area contributed by atoms with Crippen LogP contribution in [0.3, 0.4) is 0 Å². The Morgan fingerprint density at radius 1 is 1.53 bits per heavy atom. The van der Waals surface area contributed by atoms with Gasteiger partial charge in [-0.1, -0.05) is 0 Å². The minimum atomic E-state index is 0.544. The van der Waals surface area contributed by atoms with Gasteiger partial charge < -0.3 is 10.5 Å². The Kier molecular flexibility index (Phi) is 2.68. The van der Waals surface area contributed by atoms with Gasteiger partial charge in [0.05, 0.1) is 5.69 Å². The molecule has 3 rings (SSSR count). The van der Waals surface area contributed by atoms with Gasteiger partial charge in [-0.15, -0.1) is 0 Å². The highest BCUT2D eigenvalue weighted by Crippen LogP contribution is 2.18. The number of fused-ring (bicyclic) bond motifs is 1. The summed E-state index contributed by atoms with van der Waals surface area (Å²) in [6, 6.07) is 3.72. The highest BCUT2D eigenvalue weighted by atomic mass is 16.5. The van der Waals surface area contributed by atoms with Crippen molar-refractivity contribution in [1.29, 1.82) is 0 Å². The topological polar surface area (TPSA) is 65.4 Å². The molecule has 1 aliphatic rings. The van der Waals surface area contributed by atoms with E-state index in [1.165, 1.54) is 6.42 Å². The lowest BCUT2D eigenvalue weighted by Gasteiger charge is -2.20. The first kappa shape index (κ1) is 10.5. The Morgan fingerprint density at radius 2 is 2.47 bits per heavy atom. The SMILES string of the molecule is Nc1cccn2nc(CC3CCCOC3)nc12. The first-order chi connectivity index (χ1) is 8.33. The van der Waals surface area contributed by atoms with Gasteiger partial charge in [-0.2, -0.15) is 5.10 Å². The number of nitrogens with zero attached hydrogens (tertiary/aromatic N) is 3. The van der Waals surface area contributed by atoms with Crippen molar-refractivity contribution in [2.45, 2.75) is 19.3 Å². The van der Waals surface area contributed by atoms with Crippen molar-refractivity contribution >= 4 is 11.3 Å². The summed E-state index contributed by atoms with van der Waals surface area (Å²) in [5.74, 6) is 1.40. The van der Waals surface area contributed by atoms with E-state index in [2.05, 4.69) is 10.1 Å². The van der Waals surface area contributed by atoms with Crippen molar-refractivity contribution in [2.75, 3.05) is 18.9 Å². The molecule has 3 heterocycles. The molecule has 0 saturated carbocycles. The van der Waals surface area contributed by atoms with Crippen molar-refractivity contribution in [3.05, 3.63) is 24.2 Å². The first-order valence-corrected chi connectivity index (χ1v) is 6.00. The highest BCUT2D eigenvalue weighted by molar-refractivity contribution is 5.63. The third-order valence-electron chi connectivity index (χ3n) is 3.16. The summed E-state index contributed by atoms with van der Waals surface area (Å²) >= 11 is 0. The van der Waals surface area contributed by atoms with Gasteiger partial charge in [-0.25, -0.2) is 9.50 Å². The number of ether oxygens (including phenoxy) is 1. The molecule has 5 heteroatoms. The zero-order valence-electron chi connectivity index (χ0n) is 9.67. The second-order valence-corrected chi connectivity index (χ2v) is 4.55. The minimum Gasteiger partial charge on any atom is -0.396 e. The maximum absolute atomic E-state index is 5.85. The molecule has 90 valence electrons. The molecule has 5 nitrogen and oxygen atoms in total. The molecule has 0 radical (unpaired) electrons. The van der Waals surface area contributed by atoms with E-state index in [1.807, 2.05) is 18.3 Å². The minimum absolute atomic E-state index is 0.544. The zero-order valence-corrected chi connectivity index (χ0v) is 9.67. The van der Waals surface area contributed by atoms with Crippen molar-refractivity contribution < 1.29 is 4.74 Å². The van der Waals surface area contributed by atoms with Crippen LogP contribution in [0.15, 0.2) is 18.3 Å². The average Bonchev–Trinajstić information content (AvgIpc) is 2.74. The van der Waals surface area contributed by atoms with Crippen molar-refractivity contribution in [3.8, 4) is 0 Å². The fraction of sp³-hybridized carbons (Fsp3) is 0.500. The van der Waals surface area contributed by atoms with E-state index in [9.17, 15) is 0 Å². The molecule has 2 aromatic heterocycles. The average molecular weight is 232 g/mol. The molecule has 17 heavy (non-hydrogen) atoms. The van der Waals surface area contributed by atoms with Crippen LogP contribution in [0.5, 0.6) is 0 Å². The molecule has 0 spiro atoms. The molecule has 1 fully saturated rings. The van der Waals surface area contributed by atoms with E-state index in [1.54, 1.807) is 4.52 Å². The number of rotatable bonds is 2. The van der Waals surface area contributed by atoms with Crippen LogP contribution < -0.4 is 5.73 Å².